The van der Waals surface area contributed by atoms with Gasteiger partial charge in [0, 0.05) is 38.0 Å². The van der Waals surface area contributed by atoms with Crippen molar-refractivity contribution in [3.63, 3.8) is 0 Å². The Labute approximate surface area is 138 Å². The normalized spacial score (nSPS) is 11.8. The van der Waals surface area contributed by atoms with E-state index >= 15 is 0 Å². The number of carbonyl (C=O) groups is 1. The van der Waals surface area contributed by atoms with E-state index in [0.29, 0.717) is 6.54 Å². The molecule has 0 spiro atoms. The molecule has 1 heterocycles. The minimum Gasteiger partial charge on any atom is -0.377 e. The molecule has 2 rings (SSSR count). The van der Waals surface area contributed by atoms with Crippen molar-refractivity contribution in [1.29, 1.82) is 0 Å². The number of aromatic nitrogens is 1. The molecular weight excluding hydrogens is 286 g/mol. The molecule has 1 atom stereocenters. The van der Waals surface area contributed by atoms with Crippen LogP contribution in [0.1, 0.15) is 18.9 Å². The average Bonchev–Trinajstić information content (AvgIpc) is 2.54. The minimum absolute atomic E-state index is 0.0492. The number of nitrogens with one attached hydrogen (secondary N) is 1. The number of rotatable bonds is 7. The quantitative estimate of drug-likeness (QED) is 0.796. The fraction of sp³-hybridized carbons (Fsp3) is 0.368. The zero-order chi connectivity index (χ0) is 16.7. The lowest BCUT2D eigenvalue weighted by Gasteiger charge is -2.13. The molecule has 0 saturated heterocycles. The van der Waals surface area contributed by atoms with Gasteiger partial charge in [-0.15, -0.1) is 0 Å². The number of hydrogen-bond acceptors (Lipinski definition) is 2. The fourth-order valence-electron chi connectivity index (χ4n) is 2.44. The third kappa shape index (κ3) is 5.74. The summed E-state index contributed by atoms with van der Waals surface area (Å²) in [5.41, 5.74) is 2.43. The number of amides is 1. The molecule has 0 aliphatic carbocycles. The monoisotopic (exact) mass is 312 g/mol. The standard InChI is InChI=1S/C19H25N3O/c1-16(9-10-17-7-5-4-6-8-17)20-19(23)15-22-13-11-18(12-14-22)21(2)3/h4-8,11-14,16H,9-10,15H2,1-3H3/p+1/t16-/m1/s1. The summed E-state index contributed by atoms with van der Waals surface area (Å²) in [6.45, 7) is 2.41. The topological polar surface area (TPSA) is 36.2 Å². The van der Waals surface area contributed by atoms with Crippen molar-refractivity contribution in [2.45, 2.75) is 32.4 Å². The molecule has 23 heavy (non-hydrogen) atoms. The predicted octanol–water partition coefficient (Wildman–Crippen LogP) is 2.18. The maximum absolute atomic E-state index is 12.1. The van der Waals surface area contributed by atoms with Gasteiger partial charge in [0.05, 0.1) is 0 Å². The third-order valence-corrected chi connectivity index (χ3v) is 3.83. The predicted molar refractivity (Wildman–Crippen MR) is 93.3 cm³/mol. The van der Waals surface area contributed by atoms with E-state index in [-0.39, 0.29) is 11.9 Å². The number of aryl methyl sites for hydroxylation is 1. The van der Waals surface area contributed by atoms with E-state index < -0.39 is 0 Å². The van der Waals surface area contributed by atoms with Crippen LogP contribution in [0.15, 0.2) is 54.9 Å². The summed E-state index contributed by atoms with van der Waals surface area (Å²) in [5, 5.41) is 3.07. The molecule has 1 amide bonds. The highest BCUT2D eigenvalue weighted by Gasteiger charge is 2.12. The third-order valence-electron chi connectivity index (χ3n) is 3.83. The fourth-order valence-corrected chi connectivity index (χ4v) is 2.44. The van der Waals surface area contributed by atoms with Crippen LogP contribution in [-0.2, 0) is 17.8 Å². The Balaban J connectivity index is 1.77. The van der Waals surface area contributed by atoms with Gasteiger partial charge in [0.25, 0.3) is 5.91 Å². The molecule has 1 aromatic carbocycles. The van der Waals surface area contributed by atoms with E-state index in [1.165, 1.54) is 5.56 Å². The molecule has 4 nitrogen and oxygen atoms in total. The SMILES string of the molecule is C[C@H](CCc1ccccc1)NC(=O)C[n+]1ccc(N(C)C)cc1. The lowest BCUT2D eigenvalue weighted by molar-refractivity contribution is -0.684. The van der Waals surface area contributed by atoms with Crippen LogP contribution < -0.4 is 14.8 Å². The molecule has 0 radical (unpaired) electrons. The summed E-state index contributed by atoms with van der Waals surface area (Å²) in [7, 11) is 4.00. The molecule has 122 valence electrons. The number of pyridine rings is 1. The van der Waals surface area contributed by atoms with Crippen molar-refractivity contribution in [2.24, 2.45) is 0 Å². The Bertz CT molecular complexity index is 608. The molecule has 0 unspecified atom stereocenters. The molecule has 0 saturated carbocycles. The minimum atomic E-state index is 0.0492. The van der Waals surface area contributed by atoms with Crippen LogP contribution in [0.25, 0.3) is 0 Å². The highest BCUT2D eigenvalue weighted by Crippen LogP contribution is 2.06. The van der Waals surface area contributed by atoms with Crippen LogP contribution in [-0.4, -0.2) is 26.0 Å². The van der Waals surface area contributed by atoms with Crippen LogP contribution >= 0.6 is 0 Å². The van der Waals surface area contributed by atoms with E-state index in [9.17, 15) is 4.79 Å². The van der Waals surface area contributed by atoms with Crippen LogP contribution in [0.2, 0.25) is 0 Å². The number of anilines is 1. The number of hydrogen-bond donors (Lipinski definition) is 1. The van der Waals surface area contributed by atoms with Crippen molar-refractivity contribution in [1.82, 2.24) is 5.32 Å². The van der Waals surface area contributed by atoms with E-state index in [1.54, 1.807) is 0 Å². The number of carbonyl (C=O) groups excluding carboxylic acids is 1. The summed E-state index contributed by atoms with van der Waals surface area (Å²) in [6.07, 6.45) is 5.79. The molecular formula is C19H26N3O+. The number of nitrogens with zero attached hydrogens (tertiary/aromatic N) is 2. The zero-order valence-corrected chi connectivity index (χ0v) is 14.2. The molecule has 2 aromatic rings. The first kappa shape index (κ1) is 17.0. The highest BCUT2D eigenvalue weighted by molar-refractivity contribution is 5.74. The van der Waals surface area contributed by atoms with Crippen molar-refractivity contribution >= 4 is 11.6 Å². The molecule has 0 aliphatic rings. The van der Waals surface area contributed by atoms with Crippen molar-refractivity contribution in [2.75, 3.05) is 19.0 Å². The molecule has 1 N–H and O–H groups in total. The van der Waals surface area contributed by atoms with Crippen LogP contribution in [0.4, 0.5) is 5.69 Å². The number of benzene rings is 1. The Morgan fingerprint density at radius 1 is 1.13 bits per heavy atom. The van der Waals surface area contributed by atoms with Gasteiger partial charge in [-0.1, -0.05) is 30.3 Å². The first-order valence-electron chi connectivity index (χ1n) is 8.04. The van der Waals surface area contributed by atoms with Gasteiger partial charge in [-0.2, -0.15) is 4.57 Å². The smallest absolute Gasteiger partial charge is 0.286 e. The van der Waals surface area contributed by atoms with Crippen LogP contribution in [0.5, 0.6) is 0 Å². The first-order chi connectivity index (χ1) is 11.0. The first-order valence-corrected chi connectivity index (χ1v) is 8.04. The van der Waals surface area contributed by atoms with Gasteiger partial charge in [0.2, 0.25) is 6.54 Å². The second kappa shape index (κ2) is 8.32. The Morgan fingerprint density at radius 2 is 1.78 bits per heavy atom. The van der Waals surface area contributed by atoms with Gasteiger partial charge >= 0.3 is 0 Å². The molecule has 1 aromatic heterocycles. The Kier molecular flexibility index (Phi) is 6.15. The van der Waals surface area contributed by atoms with Crippen molar-refractivity contribution in [3.8, 4) is 0 Å². The molecule has 0 bridgehead atoms. The maximum Gasteiger partial charge on any atom is 0.286 e. The van der Waals surface area contributed by atoms with Crippen LogP contribution in [0.3, 0.4) is 0 Å². The average molecular weight is 312 g/mol. The summed E-state index contributed by atoms with van der Waals surface area (Å²) >= 11 is 0. The van der Waals surface area contributed by atoms with Gasteiger partial charge in [0.1, 0.15) is 0 Å². The second-order valence-electron chi connectivity index (χ2n) is 6.12. The Hall–Kier alpha value is -2.36. The van der Waals surface area contributed by atoms with Crippen LogP contribution in [0, 0.1) is 0 Å². The van der Waals surface area contributed by atoms with E-state index in [0.717, 1.165) is 18.5 Å². The van der Waals surface area contributed by atoms with Gasteiger partial charge in [-0.3, -0.25) is 4.79 Å². The highest BCUT2D eigenvalue weighted by atomic mass is 16.2. The lowest BCUT2D eigenvalue weighted by Crippen LogP contribution is -2.45. The zero-order valence-electron chi connectivity index (χ0n) is 14.2. The summed E-state index contributed by atoms with van der Waals surface area (Å²) in [4.78, 5) is 14.1. The molecule has 0 fully saturated rings. The van der Waals surface area contributed by atoms with E-state index in [1.807, 2.05) is 66.3 Å². The van der Waals surface area contributed by atoms with Gasteiger partial charge in [0.15, 0.2) is 12.4 Å². The second-order valence-corrected chi connectivity index (χ2v) is 6.12. The maximum atomic E-state index is 12.1. The largest absolute Gasteiger partial charge is 0.377 e. The molecule has 4 heteroatoms. The van der Waals surface area contributed by atoms with Gasteiger partial charge in [-0.05, 0) is 25.3 Å². The van der Waals surface area contributed by atoms with Gasteiger partial charge in [-0.25, -0.2) is 0 Å². The lowest BCUT2D eigenvalue weighted by atomic mass is 10.1. The Morgan fingerprint density at radius 3 is 2.39 bits per heavy atom. The van der Waals surface area contributed by atoms with Gasteiger partial charge < -0.3 is 10.2 Å². The van der Waals surface area contributed by atoms with E-state index in [2.05, 4.69) is 24.4 Å². The summed E-state index contributed by atoms with van der Waals surface area (Å²) in [5.74, 6) is 0.0492. The summed E-state index contributed by atoms with van der Waals surface area (Å²) in [6, 6.07) is 14.5. The van der Waals surface area contributed by atoms with Crippen molar-refractivity contribution < 1.29 is 9.36 Å². The van der Waals surface area contributed by atoms with Crippen molar-refractivity contribution in [3.05, 3.63) is 60.4 Å². The molecule has 0 aliphatic heterocycles. The van der Waals surface area contributed by atoms with E-state index in [4.69, 9.17) is 0 Å². The summed E-state index contributed by atoms with van der Waals surface area (Å²) < 4.78 is 1.90.